The van der Waals surface area contributed by atoms with E-state index in [2.05, 4.69) is 17.6 Å². The Balaban J connectivity index is 2.04. The summed E-state index contributed by atoms with van der Waals surface area (Å²) in [6.07, 6.45) is 1.31. The Labute approximate surface area is 135 Å². The maximum atomic E-state index is 12.4. The molecule has 120 valence electrons. The molecule has 1 aliphatic heterocycles. The number of hydrogen-bond acceptors (Lipinski definition) is 4. The lowest BCUT2D eigenvalue weighted by Gasteiger charge is -2.25. The molecule has 0 unspecified atom stereocenters. The number of hydrogen-bond donors (Lipinski definition) is 2. The van der Waals surface area contributed by atoms with Gasteiger partial charge in [-0.2, -0.15) is 11.8 Å². The van der Waals surface area contributed by atoms with Crippen molar-refractivity contribution in [2.24, 2.45) is 0 Å². The highest BCUT2D eigenvalue weighted by molar-refractivity contribution is 7.99. The Morgan fingerprint density at radius 1 is 1.45 bits per heavy atom. The number of thioether (sulfide) groups is 1. The molecule has 0 saturated carbocycles. The van der Waals surface area contributed by atoms with E-state index in [1.54, 1.807) is 19.2 Å². The van der Waals surface area contributed by atoms with Gasteiger partial charge >= 0.3 is 0 Å². The molecule has 2 rings (SSSR count). The first-order valence-corrected chi connectivity index (χ1v) is 8.64. The number of rotatable bonds is 7. The lowest BCUT2D eigenvalue weighted by molar-refractivity contribution is -0.126. The molecule has 0 bridgehead atoms. The fourth-order valence-corrected chi connectivity index (χ4v) is 3.16. The lowest BCUT2D eigenvalue weighted by atomic mass is 9.89. The highest BCUT2D eigenvalue weighted by Gasteiger charge is 2.30. The largest absolute Gasteiger partial charge is 0.497 e. The third-order valence-corrected chi connectivity index (χ3v) is 4.70. The number of amides is 2. The van der Waals surface area contributed by atoms with Crippen LogP contribution in [0.1, 0.15) is 31.2 Å². The maximum absolute atomic E-state index is 12.4. The number of fused-ring (bicyclic) bond motifs is 1. The summed E-state index contributed by atoms with van der Waals surface area (Å²) in [5, 5.41) is 5.73. The average Bonchev–Trinajstić information content (AvgIpc) is 2.53. The van der Waals surface area contributed by atoms with Crippen LogP contribution in [0.5, 0.6) is 5.75 Å². The Bertz CT molecular complexity index is 548. The van der Waals surface area contributed by atoms with Gasteiger partial charge in [-0.3, -0.25) is 9.59 Å². The molecular weight excluding hydrogens is 300 g/mol. The minimum atomic E-state index is -0.449. The second kappa shape index (κ2) is 8.08. The van der Waals surface area contributed by atoms with Crippen LogP contribution in [0.25, 0.3) is 0 Å². The van der Waals surface area contributed by atoms with Crippen LogP contribution in [0.15, 0.2) is 18.2 Å². The molecular formula is C16H22N2O3S. The zero-order valence-corrected chi connectivity index (χ0v) is 13.8. The Kier molecular flexibility index (Phi) is 6.12. The van der Waals surface area contributed by atoms with Crippen LogP contribution < -0.4 is 15.4 Å². The number of ether oxygens (including phenoxy) is 1. The van der Waals surface area contributed by atoms with Gasteiger partial charge in [-0.25, -0.2) is 0 Å². The number of carbonyl (C=O) groups excluding carboxylic acids is 2. The average molecular weight is 322 g/mol. The predicted molar refractivity (Wildman–Crippen MR) is 89.6 cm³/mol. The summed E-state index contributed by atoms with van der Waals surface area (Å²) in [7, 11) is 1.59. The van der Waals surface area contributed by atoms with Gasteiger partial charge in [-0.05, 0) is 35.9 Å². The number of carbonyl (C=O) groups is 2. The standard InChI is InChI=1S/C16H22N2O3S/c1-3-7-22-8-6-17-16(20)13-10-15(19)18-14-5-4-11(21-2)9-12(13)14/h4-5,9,13H,3,6-8,10H2,1-2H3,(H,17,20)(H,18,19)/t13-/m0/s1. The van der Waals surface area contributed by atoms with Crippen molar-refractivity contribution in [1.29, 1.82) is 0 Å². The van der Waals surface area contributed by atoms with Gasteiger partial charge in [0.05, 0.1) is 13.0 Å². The van der Waals surface area contributed by atoms with Gasteiger partial charge < -0.3 is 15.4 Å². The van der Waals surface area contributed by atoms with E-state index >= 15 is 0 Å². The first kappa shape index (κ1) is 16.7. The summed E-state index contributed by atoms with van der Waals surface area (Å²) < 4.78 is 5.21. The molecule has 1 atom stereocenters. The predicted octanol–water partition coefficient (Wildman–Crippen LogP) is 2.38. The van der Waals surface area contributed by atoms with E-state index in [1.165, 1.54) is 0 Å². The molecule has 2 amide bonds. The van der Waals surface area contributed by atoms with Crippen molar-refractivity contribution in [1.82, 2.24) is 5.32 Å². The zero-order chi connectivity index (χ0) is 15.9. The molecule has 22 heavy (non-hydrogen) atoms. The third-order valence-electron chi connectivity index (χ3n) is 3.51. The van der Waals surface area contributed by atoms with Crippen molar-refractivity contribution in [2.75, 3.05) is 30.5 Å². The molecule has 6 heteroatoms. The van der Waals surface area contributed by atoms with Gasteiger partial charge in [-0.15, -0.1) is 0 Å². The van der Waals surface area contributed by atoms with Crippen molar-refractivity contribution in [3.63, 3.8) is 0 Å². The van der Waals surface area contributed by atoms with Crippen LogP contribution in [0, 0.1) is 0 Å². The summed E-state index contributed by atoms with van der Waals surface area (Å²) in [4.78, 5) is 24.2. The molecule has 0 spiro atoms. The summed E-state index contributed by atoms with van der Waals surface area (Å²) >= 11 is 1.82. The molecule has 1 aromatic carbocycles. The van der Waals surface area contributed by atoms with Crippen molar-refractivity contribution in [2.45, 2.75) is 25.7 Å². The second-order valence-corrected chi connectivity index (χ2v) is 6.39. The monoisotopic (exact) mass is 322 g/mol. The number of methoxy groups -OCH3 is 1. The van der Waals surface area contributed by atoms with Crippen LogP contribution >= 0.6 is 11.8 Å². The van der Waals surface area contributed by atoms with Gasteiger partial charge in [0, 0.05) is 24.4 Å². The van der Waals surface area contributed by atoms with Crippen LogP contribution in [0.4, 0.5) is 5.69 Å². The van der Waals surface area contributed by atoms with Crippen LogP contribution in [0.2, 0.25) is 0 Å². The SMILES string of the molecule is CCCSCCNC(=O)[C@H]1CC(=O)Nc2ccc(OC)cc21. The summed E-state index contributed by atoms with van der Waals surface area (Å²) in [5.41, 5.74) is 1.51. The van der Waals surface area contributed by atoms with E-state index < -0.39 is 5.92 Å². The van der Waals surface area contributed by atoms with Crippen LogP contribution in [-0.2, 0) is 9.59 Å². The topological polar surface area (TPSA) is 67.4 Å². The second-order valence-electron chi connectivity index (χ2n) is 5.16. The smallest absolute Gasteiger partial charge is 0.228 e. The van der Waals surface area contributed by atoms with Crippen LogP contribution in [-0.4, -0.2) is 37.0 Å². The van der Waals surface area contributed by atoms with Gasteiger partial charge in [0.15, 0.2) is 0 Å². The van der Waals surface area contributed by atoms with E-state index in [9.17, 15) is 9.59 Å². The molecule has 2 N–H and O–H groups in total. The van der Waals surface area contributed by atoms with Crippen molar-refractivity contribution in [3.05, 3.63) is 23.8 Å². The Morgan fingerprint density at radius 3 is 3.00 bits per heavy atom. The quantitative estimate of drug-likeness (QED) is 0.756. The summed E-state index contributed by atoms with van der Waals surface area (Å²) in [6.45, 7) is 2.76. The molecule has 1 aliphatic rings. The number of anilines is 1. The number of nitrogens with one attached hydrogen (secondary N) is 2. The summed E-state index contributed by atoms with van der Waals surface area (Å²) in [6, 6.07) is 5.38. The highest BCUT2D eigenvalue weighted by Crippen LogP contribution is 2.34. The Hall–Kier alpha value is -1.69. The lowest BCUT2D eigenvalue weighted by Crippen LogP contribution is -2.36. The molecule has 0 aliphatic carbocycles. The van der Waals surface area contributed by atoms with Gasteiger partial charge in [0.1, 0.15) is 5.75 Å². The fourth-order valence-electron chi connectivity index (χ4n) is 2.42. The van der Waals surface area contributed by atoms with Crippen molar-refractivity contribution >= 4 is 29.3 Å². The summed E-state index contributed by atoms with van der Waals surface area (Å²) in [5.74, 6) is 2.01. The van der Waals surface area contributed by atoms with E-state index in [0.29, 0.717) is 18.0 Å². The van der Waals surface area contributed by atoms with E-state index in [0.717, 1.165) is 23.5 Å². The van der Waals surface area contributed by atoms with Crippen molar-refractivity contribution in [3.8, 4) is 5.75 Å². The first-order valence-electron chi connectivity index (χ1n) is 7.49. The first-order chi connectivity index (χ1) is 10.7. The minimum absolute atomic E-state index is 0.0959. The molecule has 0 saturated heterocycles. The van der Waals surface area contributed by atoms with Gasteiger partial charge in [0.2, 0.25) is 11.8 Å². The normalized spacial score (nSPS) is 16.6. The molecule has 0 aromatic heterocycles. The van der Waals surface area contributed by atoms with Gasteiger partial charge in [-0.1, -0.05) is 6.92 Å². The number of benzene rings is 1. The van der Waals surface area contributed by atoms with E-state index in [-0.39, 0.29) is 18.2 Å². The van der Waals surface area contributed by atoms with E-state index in [1.807, 2.05) is 17.8 Å². The minimum Gasteiger partial charge on any atom is -0.497 e. The van der Waals surface area contributed by atoms with Gasteiger partial charge in [0.25, 0.3) is 0 Å². The highest BCUT2D eigenvalue weighted by atomic mass is 32.2. The molecule has 0 radical (unpaired) electrons. The fraction of sp³-hybridized carbons (Fsp3) is 0.500. The molecule has 0 fully saturated rings. The van der Waals surface area contributed by atoms with Crippen LogP contribution in [0.3, 0.4) is 0 Å². The molecule has 5 nitrogen and oxygen atoms in total. The third kappa shape index (κ3) is 4.16. The maximum Gasteiger partial charge on any atom is 0.228 e. The zero-order valence-electron chi connectivity index (χ0n) is 13.0. The van der Waals surface area contributed by atoms with Crippen molar-refractivity contribution < 1.29 is 14.3 Å². The molecule has 1 aromatic rings. The molecule has 1 heterocycles. The van der Waals surface area contributed by atoms with E-state index in [4.69, 9.17) is 4.74 Å². The Morgan fingerprint density at radius 2 is 2.27 bits per heavy atom.